The molecule has 0 aromatic carbocycles. The number of aromatic nitrogens is 1. The van der Waals surface area contributed by atoms with Crippen molar-refractivity contribution < 1.29 is 32.8 Å². The van der Waals surface area contributed by atoms with Crippen LogP contribution in [0.3, 0.4) is 0 Å². The Kier molecular flexibility index (Phi) is 4.50. The number of aryl methyl sites for hydroxylation is 1. The van der Waals surface area contributed by atoms with Gasteiger partial charge in [-0.25, -0.2) is 18.6 Å². The lowest BCUT2D eigenvalue weighted by atomic mass is 10.8. The van der Waals surface area contributed by atoms with Crippen LogP contribution in [-0.2, 0) is 7.05 Å². The van der Waals surface area contributed by atoms with E-state index in [1.54, 1.807) is 11.5 Å². The van der Waals surface area contributed by atoms with E-state index in [4.69, 9.17) is 18.6 Å². The van der Waals surface area contributed by atoms with Crippen molar-refractivity contribution in [2.45, 2.75) is 0 Å². The Balaban J connectivity index is 0.000000187. The summed E-state index contributed by atoms with van der Waals surface area (Å²) < 4.78 is 36.0. The molecular formula is C4H6ClNO4S. The molecule has 0 bridgehead atoms. The lowest BCUT2D eigenvalue weighted by Gasteiger charge is -2.17. The fraction of sp³-hybridized carbons (Fsp3) is 0.250. The monoisotopic (exact) mass is 199 g/mol. The van der Waals surface area contributed by atoms with Crippen molar-refractivity contribution in [3.05, 3.63) is 17.6 Å². The fourth-order valence-corrected chi connectivity index (χ4v) is 0.796. The maximum atomic E-state index is 8.49. The highest BCUT2D eigenvalue weighted by molar-refractivity contribution is 6.99. The van der Waals surface area contributed by atoms with Gasteiger partial charge in [0.1, 0.15) is 11.5 Å². The first-order valence-corrected chi connectivity index (χ1v) is 4.48. The highest BCUT2D eigenvalue weighted by Crippen LogP contribution is 1.80. The average molecular weight is 200 g/mol. The summed E-state index contributed by atoms with van der Waals surface area (Å²) in [7, 11) is -2.93. The number of rotatable bonds is 0. The number of hydrogen-bond donors (Lipinski definition) is 0. The summed E-state index contributed by atoms with van der Waals surface area (Å²) in [6.45, 7) is 0. The average Bonchev–Trinajstić information content (AvgIpc) is 2.12. The largest absolute Gasteiger partial charge is 0.222 e. The van der Waals surface area contributed by atoms with Gasteiger partial charge in [0.25, 0.3) is 0 Å². The second-order valence-corrected chi connectivity index (χ2v) is 3.32. The molecule has 0 fully saturated rings. The predicted octanol–water partition coefficient (Wildman–Crippen LogP) is -4.18. The van der Waals surface area contributed by atoms with Gasteiger partial charge in [-0.15, -0.1) is 14.2 Å². The minimum absolute atomic E-state index is 1.69. The van der Waals surface area contributed by atoms with E-state index < -0.39 is 10.2 Å². The Bertz CT molecular complexity index is 178. The highest BCUT2D eigenvalue weighted by atomic mass is 35.7. The first-order valence-electron chi connectivity index (χ1n) is 2.41. The molecule has 0 aliphatic rings. The van der Waals surface area contributed by atoms with E-state index in [9.17, 15) is 0 Å². The second kappa shape index (κ2) is 4.60. The van der Waals surface area contributed by atoms with E-state index >= 15 is 0 Å². The molecule has 1 aromatic rings. The van der Waals surface area contributed by atoms with Crippen LogP contribution in [-0.4, -0.2) is 0 Å². The lowest BCUT2D eigenvalue weighted by molar-refractivity contribution is -2.00. The molecule has 0 amide bonds. The predicted molar refractivity (Wildman–Crippen MR) is 25.5 cm³/mol. The summed E-state index contributed by atoms with van der Waals surface area (Å²) in [5.74, 6) is 0. The Labute approximate surface area is 69.7 Å². The van der Waals surface area contributed by atoms with E-state index in [2.05, 4.69) is 0 Å². The molecule has 0 unspecified atom stereocenters. The zero-order valence-corrected chi connectivity index (χ0v) is 7.17. The van der Waals surface area contributed by atoms with Gasteiger partial charge in [0.15, 0.2) is 13.2 Å². The van der Waals surface area contributed by atoms with Crippen LogP contribution >= 0.6 is 11.5 Å². The van der Waals surface area contributed by atoms with Crippen molar-refractivity contribution in [1.29, 1.82) is 0 Å². The summed E-state index contributed by atoms with van der Waals surface area (Å²) in [6.07, 6.45) is 2.02. The molecule has 0 saturated heterocycles. The minimum Gasteiger partial charge on any atom is -0.222 e. The third-order valence-electron chi connectivity index (χ3n) is 0.602. The second-order valence-electron chi connectivity index (χ2n) is 1.51. The van der Waals surface area contributed by atoms with Crippen molar-refractivity contribution in [2.75, 3.05) is 0 Å². The number of hydrogen-bond acceptors (Lipinski definition) is 5. The number of nitrogens with zero attached hydrogens (tertiary/aromatic N) is 1. The van der Waals surface area contributed by atoms with Gasteiger partial charge in [0.2, 0.25) is 0 Å². The summed E-state index contributed by atoms with van der Waals surface area (Å²) in [5.41, 5.74) is 0. The third kappa shape index (κ3) is 12.9. The normalized spacial score (nSPS) is 10.3. The Morgan fingerprint density at radius 1 is 1.27 bits per heavy atom. The first kappa shape index (κ1) is 10.8. The number of halogens is 1. The van der Waals surface area contributed by atoms with Crippen LogP contribution in [0, 0.1) is 10.2 Å². The van der Waals surface area contributed by atoms with Crippen LogP contribution < -0.4 is 22.6 Å². The Morgan fingerprint density at radius 2 is 1.73 bits per heavy atom. The molecule has 64 valence electrons. The van der Waals surface area contributed by atoms with Crippen LogP contribution in [0.1, 0.15) is 0 Å². The van der Waals surface area contributed by atoms with E-state index in [1.165, 1.54) is 0 Å². The molecule has 1 aromatic heterocycles. The lowest BCUT2D eigenvalue weighted by Crippen LogP contribution is -2.68. The standard InChI is InChI=1S/C4H6NS.ClHO4/c1-5-3-2-4-6-5;2-1(3,4)5/h2-4H,1H3;(H,2,3,4,5)/q+1;/p-1. The first-order chi connectivity index (χ1) is 4.89. The van der Waals surface area contributed by atoms with Crippen LogP contribution in [0.4, 0.5) is 0 Å². The Hall–Kier alpha value is -0.240. The third-order valence-corrected chi connectivity index (χ3v) is 1.33. The van der Waals surface area contributed by atoms with Gasteiger partial charge in [-0.1, -0.05) is 0 Å². The SMILES string of the molecule is C[n+]1cccs1.[O-][Cl+3]([O-])([O-])[O-]. The molecule has 5 nitrogen and oxygen atoms in total. The zero-order valence-electron chi connectivity index (χ0n) is 5.60. The van der Waals surface area contributed by atoms with Crippen LogP contribution in [0.2, 0.25) is 0 Å². The van der Waals surface area contributed by atoms with Crippen molar-refractivity contribution in [3.63, 3.8) is 0 Å². The molecule has 0 radical (unpaired) electrons. The molecule has 0 spiro atoms. The molecule has 0 N–H and O–H groups in total. The van der Waals surface area contributed by atoms with Crippen molar-refractivity contribution >= 4 is 11.5 Å². The van der Waals surface area contributed by atoms with Gasteiger partial charge in [-0.05, 0) is 0 Å². The van der Waals surface area contributed by atoms with E-state index in [-0.39, 0.29) is 0 Å². The molecule has 0 aliphatic carbocycles. The van der Waals surface area contributed by atoms with Crippen molar-refractivity contribution in [3.8, 4) is 0 Å². The highest BCUT2D eigenvalue weighted by Gasteiger charge is 1.84. The Morgan fingerprint density at radius 3 is 1.82 bits per heavy atom. The molecule has 0 saturated carbocycles. The van der Waals surface area contributed by atoms with E-state index in [0.717, 1.165) is 0 Å². The fourth-order valence-electron chi connectivity index (χ4n) is 0.323. The molecule has 11 heavy (non-hydrogen) atoms. The van der Waals surface area contributed by atoms with Crippen molar-refractivity contribution in [2.24, 2.45) is 7.05 Å². The molecule has 7 heteroatoms. The van der Waals surface area contributed by atoms with Gasteiger partial charge in [-0.3, -0.25) is 0 Å². The smallest absolute Gasteiger partial charge is 0.183 e. The van der Waals surface area contributed by atoms with E-state index in [1.807, 2.05) is 28.6 Å². The summed E-state index contributed by atoms with van der Waals surface area (Å²) in [4.78, 5) is 0. The molecule has 1 rings (SSSR count). The molecule has 0 atom stereocenters. The summed E-state index contributed by atoms with van der Waals surface area (Å²) >= 11 is 1.69. The van der Waals surface area contributed by atoms with Crippen LogP contribution in [0.5, 0.6) is 0 Å². The van der Waals surface area contributed by atoms with Gasteiger partial charge in [-0.2, -0.15) is 0 Å². The quantitative estimate of drug-likeness (QED) is 0.396. The minimum atomic E-state index is -4.94. The van der Waals surface area contributed by atoms with Crippen LogP contribution in [0.15, 0.2) is 17.6 Å². The van der Waals surface area contributed by atoms with Gasteiger partial charge in [0, 0.05) is 6.07 Å². The zero-order chi connectivity index (χ0) is 8.91. The van der Waals surface area contributed by atoms with Gasteiger partial charge in [0.05, 0.1) is 5.38 Å². The van der Waals surface area contributed by atoms with Gasteiger partial charge < -0.3 is 0 Å². The topological polar surface area (TPSA) is 96.1 Å². The molecular weight excluding hydrogens is 194 g/mol. The van der Waals surface area contributed by atoms with E-state index in [0.29, 0.717) is 0 Å². The van der Waals surface area contributed by atoms with Crippen LogP contribution in [0.25, 0.3) is 0 Å². The summed E-state index contributed by atoms with van der Waals surface area (Å²) in [5, 5.41) is 2.04. The van der Waals surface area contributed by atoms with Crippen molar-refractivity contribution in [1.82, 2.24) is 0 Å². The molecule has 0 aliphatic heterocycles. The maximum Gasteiger partial charge on any atom is 0.183 e. The maximum absolute atomic E-state index is 8.49. The molecule has 1 heterocycles. The summed E-state index contributed by atoms with van der Waals surface area (Å²) in [6, 6.07) is 2.02. The van der Waals surface area contributed by atoms with Gasteiger partial charge >= 0.3 is 0 Å².